The van der Waals surface area contributed by atoms with Gasteiger partial charge in [-0.15, -0.1) is 0 Å². The molecule has 0 amide bonds. The Balaban J connectivity index is 2.40. The molecule has 6 heteroatoms. The minimum absolute atomic E-state index is 0.385. The summed E-state index contributed by atoms with van der Waals surface area (Å²) in [4.78, 5) is 7.89. The maximum absolute atomic E-state index is 8.58. The maximum Gasteiger partial charge on any atom is 0.250 e. The molecule has 0 unspecified atom stereocenters. The van der Waals surface area contributed by atoms with E-state index in [9.17, 15) is 0 Å². The van der Waals surface area contributed by atoms with Crippen molar-refractivity contribution >= 4 is 11.6 Å². The molecule has 2 heterocycles. The van der Waals surface area contributed by atoms with Crippen LogP contribution in [0.3, 0.4) is 0 Å². The summed E-state index contributed by atoms with van der Waals surface area (Å²) in [6, 6.07) is 1.96. The molecule has 0 fully saturated rings. The van der Waals surface area contributed by atoms with Gasteiger partial charge >= 0.3 is 0 Å². The lowest BCUT2D eigenvalue weighted by atomic mass is 10.4. The van der Waals surface area contributed by atoms with E-state index >= 15 is 0 Å². The molecule has 2 rings (SSSR count). The average molecular weight is 206 g/mol. The summed E-state index contributed by atoms with van der Waals surface area (Å²) in [5, 5.41) is 12.9. The lowest BCUT2D eigenvalue weighted by Gasteiger charge is -1.96. The van der Waals surface area contributed by atoms with Gasteiger partial charge in [-0.05, 0) is 0 Å². The average Bonchev–Trinajstić information content (AvgIpc) is 2.67. The SMILES string of the molecule is N#Cc1cnn(-c2ncc(Cl)cn2)c1. The summed E-state index contributed by atoms with van der Waals surface area (Å²) in [7, 11) is 0. The quantitative estimate of drug-likeness (QED) is 0.701. The second kappa shape index (κ2) is 3.44. The lowest BCUT2D eigenvalue weighted by molar-refractivity contribution is 0.808. The Morgan fingerprint density at radius 3 is 2.57 bits per heavy atom. The lowest BCUT2D eigenvalue weighted by Crippen LogP contribution is -2.00. The minimum Gasteiger partial charge on any atom is -0.218 e. The van der Waals surface area contributed by atoms with Gasteiger partial charge in [0, 0.05) is 0 Å². The van der Waals surface area contributed by atoms with Crippen molar-refractivity contribution in [1.82, 2.24) is 19.7 Å². The van der Waals surface area contributed by atoms with Crippen molar-refractivity contribution in [1.29, 1.82) is 5.26 Å². The first-order valence-corrected chi connectivity index (χ1v) is 4.10. The van der Waals surface area contributed by atoms with Gasteiger partial charge in [0.05, 0.1) is 35.4 Å². The van der Waals surface area contributed by atoms with Crippen molar-refractivity contribution in [3.05, 3.63) is 35.4 Å². The Morgan fingerprint density at radius 2 is 2.00 bits per heavy atom. The number of halogens is 1. The van der Waals surface area contributed by atoms with Gasteiger partial charge in [0.25, 0.3) is 5.95 Å². The molecule has 0 bridgehead atoms. The molecule has 0 saturated heterocycles. The zero-order valence-electron chi connectivity index (χ0n) is 6.92. The summed E-state index contributed by atoms with van der Waals surface area (Å²) in [5.41, 5.74) is 0.462. The van der Waals surface area contributed by atoms with Crippen LogP contribution in [0.25, 0.3) is 5.95 Å². The topological polar surface area (TPSA) is 67.4 Å². The van der Waals surface area contributed by atoms with E-state index in [-0.39, 0.29) is 0 Å². The highest BCUT2D eigenvalue weighted by atomic mass is 35.5. The van der Waals surface area contributed by atoms with Crippen molar-refractivity contribution in [3.8, 4) is 12.0 Å². The second-order valence-corrected chi connectivity index (χ2v) is 2.92. The molecule has 2 aromatic rings. The van der Waals surface area contributed by atoms with E-state index in [1.54, 1.807) is 6.20 Å². The molecule has 0 spiro atoms. The standard InChI is InChI=1S/C8H4ClN5/c9-7-3-11-8(12-4-7)14-5-6(1-10)2-13-14/h2-5H. The molecule has 0 radical (unpaired) electrons. The van der Waals surface area contributed by atoms with Crippen LogP contribution < -0.4 is 0 Å². The second-order valence-electron chi connectivity index (χ2n) is 2.49. The number of nitriles is 1. The monoisotopic (exact) mass is 205 g/mol. The van der Waals surface area contributed by atoms with Crippen LogP contribution in [-0.4, -0.2) is 19.7 Å². The number of hydrogen-bond acceptors (Lipinski definition) is 4. The highest BCUT2D eigenvalue weighted by Gasteiger charge is 2.01. The molecule has 0 atom stereocenters. The zero-order chi connectivity index (χ0) is 9.97. The van der Waals surface area contributed by atoms with E-state index in [0.29, 0.717) is 16.5 Å². The number of rotatable bonds is 1. The van der Waals surface area contributed by atoms with Crippen molar-refractivity contribution in [2.45, 2.75) is 0 Å². The Kier molecular flexibility index (Phi) is 2.13. The summed E-state index contributed by atoms with van der Waals surface area (Å²) in [6.45, 7) is 0. The van der Waals surface area contributed by atoms with Crippen LogP contribution in [0.5, 0.6) is 0 Å². The molecule has 0 aromatic carbocycles. The normalized spacial score (nSPS) is 9.71. The Hall–Kier alpha value is -1.93. The Bertz CT molecular complexity index is 481. The van der Waals surface area contributed by atoms with E-state index in [1.807, 2.05) is 6.07 Å². The smallest absolute Gasteiger partial charge is 0.218 e. The predicted octanol–water partition coefficient (Wildman–Crippen LogP) is 1.19. The van der Waals surface area contributed by atoms with Gasteiger partial charge in [-0.25, -0.2) is 14.6 Å². The number of hydrogen-bond donors (Lipinski definition) is 0. The minimum atomic E-state index is 0.385. The van der Waals surface area contributed by atoms with E-state index < -0.39 is 0 Å². The van der Waals surface area contributed by atoms with Gasteiger partial charge in [0.1, 0.15) is 6.07 Å². The van der Waals surface area contributed by atoms with Gasteiger partial charge in [-0.1, -0.05) is 11.6 Å². The van der Waals surface area contributed by atoms with Crippen molar-refractivity contribution < 1.29 is 0 Å². The van der Waals surface area contributed by atoms with Crippen LogP contribution >= 0.6 is 11.6 Å². The Morgan fingerprint density at radius 1 is 1.29 bits per heavy atom. The summed E-state index contributed by atoms with van der Waals surface area (Å²) < 4.78 is 1.41. The van der Waals surface area contributed by atoms with Crippen molar-refractivity contribution in [2.75, 3.05) is 0 Å². The highest BCUT2D eigenvalue weighted by Crippen LogP contribution is 2.06. The molecule has 0 aliphatic rings. The maximum atomic E-state index is 8.58. The summed E-state index contributed by atoms with van der Waals surface area (Å²) >= 11 is 5.62. The molecule has 2 aromatic heterocycles. The molecule has 5 nitrogen and oxygen atoms in total. The molecular formula is C8H4ClN5. The van der Waals surface area contributed by atoms with Crippen molar-refractivity contribution in [2.24, 2.45) is 0 Å². The van der Waals surface area contributed by atoms with Gasteiger partial charge in [0.2, 0.25) is 0 Å². The fourth-order valence-electron chi connectivity index (χ4n) is 0.914. The first kappa shape index (κ1) is 8.66. The van der Waals surface area contributed by atoms with Crippen LogP contribution in [0.4, 0.5) is 0 Å². The first-order chi connectivity index (χ1) is 6.79. The first-order valence-electron chi connectivity index (χ1n) is 3.72. The number of nitrogens with zero attached hydrogens (tertiary/aromatic N) is 5. The summed E-state index contributed by atoms with van der Waals surface area (Å²) in [6.07, 6.45) is 5.93. The highest BCUT2D eigenvalue weighted by molar-refractivity contribution is 6.30. The number of aromatic nitrogens is 4. The van der Waals surface area contributed by atoms with Gasteiger partial charge < -0.3 is 0 Å². The molecule has 68 valence electrons. The fourth-order valence-corrected chi connectivity index (χ4v) is 1.01. The summed E-state index contributed by atoms with van der Waals surface area (Å²) in [5.74, 6) is 0.385. The third-order valence-corrected chi connectivity index (χ3v) is 1.72. The van der Waals surface area contributed by atoms with Crippen LogP contribution in [0, 0.1) is 11.3 Å². The van der Waals surface area contributed by atoms with Gasteiger partial charge in [-0.3, -0.25) is 0 Å². The molecule has 0 aliphatic carbocycles. The van der Waals surface area contributed by atoms with Gasteiger partial charge in [0.15, 0.2) is 0 Å². The van der Waals surface area contributed by atoms with Crippen LogP contribution in [0.15, 0.2) is 24.8 Å². The van der Waals surface area contributed by atoms with Gasteiger partial charge in [-0.2, -0.15) is 10.4 Å². The third-order valence-electron chi connectivity index (χ3n) is 1.52. The largest absolute Gasteiger partial charge is 0.250 e. The van der Waals surface area contributed by atoms with E-state index in [2.05, 4.69) is 15.1 Å². The van der Waals surface area contributed by atoms with E-state index in [4.69, 9.17) is 16.9 Å². The zero-order valence-corrected chi connectivity index (χ0v) is 7.68. The van der Waals surface area contributed by atoms with Crippen LogP contribution in [0.2, 0.25) is 5.02 Å². The van der Waals surface area contributed by atoms with E-state index in [1.165, 1.54) is 23.3 Å². The molecule has 0 aliphatic heterocycles. The predicted molar refractivity (Wildman–Crippen MR) is 48.9 cm³/mol. The van der Waals surface area contributed by atoms with Crippen molar-refractivity contribution in [3.63, 3.8) is 0 Å². The van der Waals surface area contributed by atoms with Crippen LogP contribution in [-0.2, 0) is 0 Å². The molecule has 14 heavy (non-hydrogen) atoms. The molecular weight excluding hydrogens is 202 g/mol. The van der Waals surface area contributed by atoms with E-state index in [0.717, 1.165) is 0 Å². The third kappa shape index (κ3) is 1.56. The molecule has 0 N–H and O–H groups in total. The Labute approximate surface area is 84.6 Å². The molecule has 0 saturated carbocycles. The fraction of sp³-hybridized carbons (Fsp3) is 0. The van der Waals surface area contributed by atoms with Crippen LogP contribution in [0.1, 0.15) is 5.56 Å².